The second-order valence-corrected chi connectivity index (χ2v) is 14.5. The molecule has 248 valence electrons. The first-order chi connectivity index (χ1) is 22.1. The molecule has 0 bridgehead atoms. The molecular weight excluding hydrogens is 620 g/mol. The number of carbonyl (C=O) groups excluding carboxylic acids is 3. The number of hydrogen-bond donors (Lipinski definition) is 2. The topological polar surface area (TPSA) is 137 Å². The monoisotopic (exact) mass is 662 g/mol. The number of anilines is 1. The Morgan fingerprint density at radius 3 is 2.40 bits per heavy atom. The van der Waals surface area contributed by atoms with Gasteiger partial charge in [0, 0.05) is 43.4 Å². The van der Waals surface area contributed by atoms with Gasteiger partial charge in [-0.1, -0.05) is 18.2 Å². The summed E-state index contributed by atoms with van der Waals surface area (Å²) in [5.41, 5.74) is 4.16. The van der Waals surface area contributed by atoms with Gasteiger partial charge in [0.25, 0.3) is 27.8 Å². The average molecular weight is 663 g/mol. The summed E-state index contributed by atoms with van der Waals surface area (Å²) in [5.74, 6) is -0.554. The second kappa shape index (κ2) is 13.0. The maximum absolute atomic E-state index is 12.2. The fourth-order valence-electron chi connectivity index (χ4n) is 6.39. The van der Waals surface area contributed by atoms with Crippen LogP contribution in [-0.4, -0.2) is 52.6 Å². The van der Waals surface area contributed by atoms with E-state index >= 15 is 0 Å². The van der Waals surface area contributed by atoms with Crippen LogP contribution in [0, 0.1) is 0 Å². The Morgan fingerprint density at radius 2 is 1.72 bits per heavy atom. The van der Waals surface area contributed by atoms with Crippen LogP contribution in [0.2, 0.25) is 0 Å². The van der Waals surface area contributed by atoms with E-state index in [0.717, 1.165) is 28.5 Å². The van der Waals surface area contributed by atoms with Crippen molar-refractivity contribution in [3.63, 3.8) is 0 Å². The molecule has 1 saturated heterocycles. The van der Waals surface area contributed by atoms with E-state index < -0.39 is 33.3 Å². The van der Waals surface area contributed by atoms with Gasteiger partial charge in [-0.2, -0.15) is 13.0 Å². The molecule has 1 fully saturated rings. The van der Waals surface area contributed by atoms with E-state index in [1.165, 1.54) is 17.7 Å². The third-order valence-corrected chi connectivity index (χ3v) is 9.99. The predicted molar refractivity (Wildman–Crippen MR) is 175 cm³/mol. The minimum absolute atomic E-state index is 0.0510. The molecule has 0 saturated carbocycles. The molecule has 2 amide bonds. The van der Waals surface area contributed by atoms with E-state index in [1.54, 1.807) is 6.07 Å². The first-order valence-corrected chi connectivity index (χ1v) is 17.2. The van der Waals surface area contributed by atoms with Gasteiger partial charge in [-0.05, 0) is 70.9 Å². The quantitative estimate of drug-likeness (QED) is 0.116. The molecule has 12 heteroatoms. The lowest BCUT2D eigenvalue weighted by atomic mass is 9.81. The first-order valence-electron chi connectivity index (χ1n) is 15.8. The van der Waals surface area contributed by atoms with E-state index in [4.69, 9.17) is 4.84 Å². The van der Waals surface area contributed by atoms with Gasteiger partial charge < -0.3 is 4.84 Å². The van der Waals surface area contributed by atoms with Crippen molar-refractivity contribution >= 4 is 45.1 Å². The minimum Gasteiger partial charge on any atom is -0.330 e. The molecule has 5 rings (SSSR count). The van der Waals surface area contributed by atoms with Crippen LogP contribution in [0.25, 0.3) is 0 Å². The van der Waals surface area contributed by atoms with Crippen molar-refractivity contribution in [2.45, 2.75) is 81.9 Å². The maximum atomic E-state index is 12.2. The molecule has 3 aliphatic heterocycles. The predicted octanol–water partition coefficient (Wildman–Crippen LogP) is 4.70. The Labute approximate surface area is 275 Å². The highest BCUT2D eigenvalue weighted by molar-refractivity contribution is 7.85. The number of imide groups is 1. The number of unbranched alkanes of at least 4 members (excludes halogenated alkanes) is 2. The number of hydroxylamine groups is 2. The van der Waals surface area contributed by atoms with Crippen molar-refractivity contribution in [2.24, 2.45) is 7.05 Å². The standard InChI is InChI=1S/C35H40N4O7S/c1-34(2)25-13-12-21-37(5)33(25)36-28(34)14-8-6-9-15-29-35(3,4)26-23-24(47(43,44)45)17-18-27(26)38(29)22-11-7-10-16-32(42)46-39-30(40)19-20-31(39)41/h6,8-9,12-15,17-18,21,23H,7,10-11,16,19-20,22H2,1-5H3/p+2. The zero-order valence-corrected chi connectivity index (χ0v) is 28.3. The summed E-state index contributed by atoms with van der Waals surface area (Å²) < 4.78 is 37.9. The van der Waals surface area contributed by atoms with Gasteiger partial charge in [0.15, 0.2) is 5.71 Å². The number of pyridine rings is 1. The number of benzene rings is 1. The van der Waals surface area contributed by atoms with Crippen molar-refractivity contribution in [1.29, 1.82) is 0 Å². The lowest BCUT2D eigenvalue weighted by Crippen LogP contribution is -2.31. The molecule has 0 atom stereocenters. The van der Waals surface area contributed by atoms with Crippen molar-refractivity contribution in [1.82, 2.24) is 5.06 Å². The fourth-order valence-corrected chi connectivity index (χ4v) is 6.90. The summed E-state index contributed by atoms with van der Waals surface area (Å²) in [6.45, 7) is 9.01. The Hall–Kier alpha value is -4.42. The number of nitrogens with one attached hydrogen (secondary N) is 1. The van der Waals surface area contributed by atoms with Gasteiger partial charge >= 0.3 is 5.97 Å². The van der Waals surface area contributed by atoms with Crippen LogP contribution in [0.5, 0.6) is 0 Å². The molecule has 4 heterocycles. The van der Waals surface area contributed by atoms with E-state index in [2.05, 4.69) is 40.4 Å². The molecule has 1 aromatic carbocycles. The van der Waals surface area contributed by atoms with Crippen molar-refractivity contribution in [3.8, 4) is 0 Å². The Kier molecular flexibility index (Phi) is 9.38. The Balaban J connectivity index is 1.30. The molecule has 47 heavy (non-hydrogen) atoms. The lowest BCUT2D eigenvalue weighted by molar-refractivity contribution is -0.657. The molecule has 2 N–H and O–H groups in total. The highest BCUT2D eigenvalue weighted by atomic mass is 32.2. The zero-order valence-electron chi connectivity index (χ0n) is 27.4. The van der Waals surface area contributed by atoms with Gasteiger partial charge in [0.05, 0.1) is 34.5 Å². The molecule has 0 radical (unpaired) electrons. The summed E-state index contributed by atoms with van der Waals surface area (Å²) in [4.78, 5) is 40.4. The van der Waals surface area contributed by atoms with Gasteiger partial charge in [-0.3, -0.25) is 14.1 Å². The van der Waals surface area contributed by atoms with Crippen molar-refractivity contribution in [2.75, 3.05) is 11.9 Å². The summed E-state index contributed by atoms with van der Waals surface area (Å²) in [6, 6.07) is 8.83. The average Bonchev–Trinajstić information content (AvgIpc) is 3.54. The van der Waals surface area contributed by atoms with Crippen LogP contribution in [0.15, 0.2) is 77.5 Å². The number of hydrogen-bond acceptors (Lipinski definition) is 7. The number of nitrogens with zero attached hydrogens (tertiary/aromatic N) is 3. The van der Waals surface area contributed by atoms with Crippen molar-refractivity contribution < 1.29 is 41.3 Å². The van der Waals surface area contributed by atoms with Crippen LogP contribution < -0.4 is 9.88 Å². The highest BCUT2D eigenvalue weighted by Gasteiger charge is 2.45. The van der Waals surface area contributed by atoms with Gasteiger partial charge in [-0.25, -0.2) is 14.7 Å². The van der Waals surface area contributed by atoms with Crippen LogP contribution in [0.1, 0.15) is 77.3 Å². The van der Waals surface area contributed by atoms with Gasteiger partial charge in [0.1, 0.15) is 12.2 Å². The molecule has 2 aromatic rings. The van der Waals surface area contributed by atoms with Gasteiger partial charge in [-0.15, -0.1) is 5.06 Å². The number of aryl methyl sites for hydroxylation is 1. The van der Waals surface area contributed by atoms with Crippen LogP contribution in [0.4, 0.5) is 11.5 Å². The molecule has 1 aromatic heterocycles. The number of allylic oxidation sites excluding steroid dienone is 6. The second-order valence-electron chi connectivity index (χ2n) is 13.1. The number of rotatable bonds is 11. The van der Waals surface area contributed by atoms with Crippen LogP contribution in [0.3, 0.4) is 0 Å². The largest absolute Gasteiger partial charge is 0.333 e. The molecule has 11 nitrogen and oxygen atoms in total. The number of aromatic nitrogens is 1. The fraction of sp³-hybridized carbons (Fsp3) is 0.400. The highest BCUT2D eigenvalue weighted by Crippen LogP contribution is 2.42. The molecule has 3 aliphatic rings. The third-order valence-electron chi connectivity index (χ3n) is 9.14. The Morgan fingerprint density at radius 1 is 1.00 bits per heavy atom. The summed E-state index contributed by atoms with van der Waals surface area (Å²) in [5, 5.41) is 4.11. The van der Waals surface area contributed by atoms with E-state index in [-0.39, 0.29) is 29.6 Å². The Bertz CT molecular complexity index is 1850. The normalized spacial score (nSPS) is 19.3. The third kappa shape index (κ3) is 6.84. The lowest BCUT2D eigenvalue weighted by Gasteiger charge is -2.16. The van der Waals surface area contributed by atoms with Crippen molar-refractivity contribution in [3.05, 3.63) is 83.7 Å². The number of carbonyl (C=O) groups is 3. The van der Waals surface area contributed by atoms with E-state index in [0.29, 0.717) is 30.9 Å². The van der Waals surface area contributed by atoms with Gasteiger partial charge in [0.2, 0.25) is 5.69 Å². The maximum Gasteiger partial charge on any atom is 0.333 e. The van der Waals surface area contributed by atoms with Crippen LogP contribution in [-0.2, 0) is 47.2 Å². The first kappa shape index (κ1) is 33.9. The molecule has 0 aliphatic carbocycles. The summed E-state index contributed by atoms with van der Waals surface area (Å²) >= 11 is 0. The molecular formula is C35H42N4O7S+2. The minimum atomic E-state index is -4.38. The molecule has 0 spiro atoms. The number of amides is 2. The summed E-state index contributed by atoms with van der Waals surface area (Å²) in [7, 11) is -2.37. The number of fused-ring (bicyclic) bond motifs is 2. The SMILES string of the molecule is C[n+]1cccc2c1N\C(=C/C=C/C=C/C1=[N+](CCCCCC(=O)ON3C(=O)CCC3=O)c3ccc(S(=O)(=O)O)cc3C1(C)C)C2(C)C. The van der Waals surface area contributed by atoms with E-state index in [1.807, 2.05) is 57.5 Å². The van der Waals surface area contributed by atoms with Crippen LogP contribution >= 0.6 is 0 Å². The smallest absolute Gasteiger partial charge is 0.330 e. The van der Waals surface area contributed by atoms with E-state index in [9.17, 15) is 27.4 Å². The zero-order chi connectivity index (χ0) is 34.1. The summed E-state index contributed by atoms with van der Waals surface area (Å²) in [6.07, 6.45) is 14.1. The molecule has 0 unspecified atom stereocenters.